The van der Waals surface area contributed by atoms with Gasteiger partial charge in [0.15, 0.2) is 11.7 Å². The first-order valence-corrected chi connectivity index (χ1v) is 8.01. The van der Waals surface area contributed by atoms with Gasteiger partial charge in [0.25, 0.3) is 5.91 Å². The van der Waals surface area contributed by atoms with Crippen LogP contribution < -0.4 is 20.9 Å². The number of hydrazine groups is 1. The van der Waals surface area contributed by atoms with E-state index in [1.54, 1.807) is 18.2 Å². The highest BCUT2D eigenvalue weighted by Crippen LogP contribution is 2.28. The molecular formula is C13H13BrClN3O3S. The van der Waals surface area contributed by atoms with Crippen molar-refractivity contribution in [3.05, 3.63) is 27.7 Å². The van der Waals surface area contributed by atoms with Crippen LogP contribution in [0.2, 0.25) is 5.02 Å². The summed E-state index contributed by atoms with van der Waals surface area (Å²) in [5, 5.41) is 3.10. The maximum Gasteiger partial charge on any atom is 0.276 e. The summed E-state index contributed by atoms with van der Waals surface area (Å²) >= 11 is 14.0. The Bertz CT molecular complexity index is 610. The van der Waals surface area contributed by atoms with Crippen molar-refractivity contribution in [1.82, 2.24) is 16.2 Å². The molecular weight excluding hydrogens is 394 g/mol. The number of thiocarbonyl (C=S) groups is 1. The predicted molar refractivity (Wildman–Crippen MR) is 89.4 cm³/mol. The largest absolute Gasteiger partial charge is 0.483 e. The van der Waals surface area contributed by atoms with Crippen molar-refractivity contribution in [1.29, 1.82) is 0 Å². The van der Waals surface area contributed by atoms with Crippen molar-refractivity contribution in [3.8, 4) is 5.75 Å². The van der Waals surface area contributed by atoms with Crippen LogP contribution in [0.25, 0.3) is 0 Å². The minimum absolute atomic E-state index is 0.0426. The summed E-state index contributed by atoms with van der Waals surface area (Å²) in [6.45, 7) is -0.216. The molecule has 1 fully saturated rings. The molecule has 3 N–H and O–H groups in total. The Kier molecular flexibility index (Phi) is 5.98. The van der Waals surface area contributed by atoms with Crippen molar-refractivity contribution in [3.63, 3.8) is 0 Å². The van der Waals surface area contributed by atoms with Crippen molar-refractivity contribution >= 4 is 56.7 Å². The van der Waals surface area contributed by atoms with E-state index in [4.69, 9.17) is 28.6 Å². The predicted octanol–water partition coefficient (Wildman–Crippen LogP) is 1.91. The van der Waals surface area contributed by atoms with E-state index >= 15 is 0 Å². The van der Waals surface area contributed by atoms with Crippen molar-refractivity contribution < 1.29 is 14.3 Å². The molecule has 1 aromatic rings. The molecule has 2 rings (SSSR count). The second kappa shape index (κ2) is 7.75. The van der Waals surface area contributed by atoms with Gasteiger partial charge in [-0.3, -0.25) is 20.4 Å². The van der Waals surface area contributed by atoms with Crippen LogP contribution in [0, 0.1) is 5.92 Å². The molecule has 1 saturated carbocycles. The Hall–Kier alpha value is -1.38. The molecule has 0 aliphatic heterocycles. The maximum atomic E-state index is 11.6. The average Bonchev–Trinajstić information content (AvgIpc) is 3.28. The summed E-state index contributed by atoms with van der Waals surface area (Å²) < 4.78 is 5.97. The van der Waals surface area contributed by atoms with Crippen LogP contribution >= 0.6 is 39.7 Å². The molecule has 1 aliphatic rings. The lowest BCUT2D eigenvalue weighted by Gasteiger charge is -2.11. The van der Waals surface area contributed by atoms with E-state index in [2.05, 4.69) is 32.1 Å². The zero-order chi connectivity index (χ0) is 16.1. The van der Waals surface area contributed by atoms with Gasteiger partial charge in [0.2, 0.25) is 5.91 Å². The van der Waals surface area contributed by atoms with Gasteiger partial charge in [-0.1, -0.05) is 11.6 Å². The first-order chi connectivity index (χ1) is 10.5. The maximum absolute atomic E-state index is 11.6. The van der Waals surface area contributed by atoms with Crippen molar-refractivity contribution in [2.24, 2.45) is 5.92 Å². The second-order valence-corrected chi connectivity index (χ2v) is 6.33. The molecule has 0 heterocycles. The molecule has 0 unspecified atom stereocenters. The highest BCUT2D eigenvalue weighted by molar-refractivity contribution is 9.10. The molecule has 0 aromatic heterocycles. The third-order valence-corrected chi connectivity index (χ3v) is 3.81. The number of nitrogens with one attached hydrogen (secondary N) is 3. The normalized spacial score (nSPS) is 13.2. The third-order valence-electron chi connectivity index (χ3n) is 2.75. The lowest BCUT2D eigenvalue weighted by molar-refractivity contribution is -0.124. The van der Waals surface area contributed by atoms with Crippen molar-refractivity contribution in [2.45, 2.75) is 12.8 Å². The van der Waals surface area contributed by atoms with Crippen LogP contribution in [0.3, 0.4) is 0 Å². The first kappa shape index (κ1) is 17.0. The van der Waals surface area contributed by atoms with Crippen LogP contribution in [0.4, 0.5) is 0 Å². The zero-order valence-corrected chi connectivity index (χ0v) is 14.5. The summed E-state index contributed by atoms with van der Waals surface area (Å²) in [6, 6.07) is 4.96. The Morgan fingerprint density at radius 1 is 1.36 bits per heavy atom. The molecule has 0 spiro atoms. The molecule has 0 radical (unpaired) electrons. The van der Waals surface area contributed by atoms with Crippen LogP contribution in [-0.4, -0.2) is 23.5 Å². The van der Waals surface area contributed by atoms with Gasteiger partial charge in [0, 0.05) is 10.9 Å². The first-order valence-electron chi connectivity index (χ1n) is 6.43. The van der Waals surface area contributed by atoms with E-state index in [-0.39, 0.29) is 23.5 Å². The van der Waals surface area contributed by atoms with E-state index in [9.17, 15) is 9.59 Å². The van der Waals surface area contributed by atoms with E-state index in [1.807, 2.05) is 0 Å². The van der Waals surface area contributed by atoms with Crippen LogP contribution in [0.5, 0.6) is 5.75 Å². The highest BCUT2D eigenvalue weighted by Gasteiger charge is 2.30. The van der Waals surface area contributed by atoms with Crippen LogP contribution in [0.15, 0.2) is 22.7 Å². The SMILES string of the molecule is O=C(COc1ccc(Cl)cc1Br)NNC(=S)NC(=O)C1CC1. The minimum atomic E-state index is -0.440. The van der Waals surface area contributed by atoms with Gasteiger partial charge in [-0.05, 0) is 59.2 Å². The lowest BCUT2D eigenvalue weighted by atomic mass is 10.3. The number of halogens is 2. The van der Waals surface area contributed by atoms with Gasteiger partial charge in [-0.2, -0.15) is 0 Å². The number of ether oxygens (including phenoxy) is 1. The fourth-order valence-corrected chi connectivity index (χ4v) is 2.44. The standard InChI is InChI=1S/C13H13BrClN3O3S/c14-9-5-8(15)3-4-10(9)21-6-11(19)17-18-13(22)16-12(20)7-1-2-7/h3-5,7H,1-2,6H2,(H,17,19)(H2,16,18,20,22). The van der Waals surface area contributed by atoms with Crippen LogP contribution in [0.1, 0.15) is 12.8 Å². The molecule has 0 bridgehead atoms. The third kappa shape index (κ3) is 5.43. The summed E-state index contributed by atoms with van der Waals surface area (Å²) in [5.41, 5.74) is 4.78. The number of benzene rings is 1. The second-order valence-electron chi connectivity index (χ2n) is 4.63. The summed E-state index contributed by atoms with van der Waals surface area (Å²) in [5.74, 6) is -0.0387. The quantitative estimate of drug-likeness (QED) is 0.526. The molecule has 1 aromatic carbocycles. The molecule has 9 heteroatoms. The van der Waals surface area contributed by atoms with E-state index in [1.165, 1.54) is 0 Å². The molecule has 0 saturated heterocycles. The number of hydrogen-bond acceptors (Lipinski definition) is 4. The molecule has 22 heavy (non-hydrogen) atoms. The average molecular weight is 407 g/mol. The monoisotopic (exact) mass is 405 g/mol. The topological polar surface area (TPSA) is 79.5 Å². The summed E-state index contributed by atoms with van der Waals surface area (Å²) in [6.07, 6.45) is 1.76. The molecule has 1 aliphatic carbocycles. The zero-order valence-electron chi connectivity index (χ0n) is 11.3. The smallest absolute Gasteiger partial charge is 0.276 e. The highest BCUT2D eigenvalue weighted by atomic mass is 79.9. The molecule has 118 valence electrons. The van der Waals surface area contributed by atoms with E-state index in [0.717, 1.165) is 12.8 Å². The number of rotatable bonds is 4. The minimum Gasteiger partial charge on any atom is -0.483 e. The summed E-state index contributed by atoms with van der Waals surface area (Å²) in [7, 11) is 0. The Balaban J connectivity index is 1.69. The van der Waals surface area contributed by atoms with E-state index in [0.29, 0.717) is 15.2 Å². The van der Waals surface area contributed by atoms with Gasteiger partial charge in [-0.25, -0.2) is 0 Å². The number of carbonyl (C=O) groups excluding carboxylic acids is 2. The number of hydrogen-bond donors (Lipinski definition) is 3. The molecule has 2 amide bonds. The number of carbonyl (C=O) groups is 2. The van der Waals surface area contributed by atoms with Gasteiger partial charge < -0.3 is 10.1 Å². The van der Waals surface area contributed by atoms with Crippen LogP contribution in [-0.2, 0) is 9.59 Å². The van der Waals surface area contributed by atoms with Gasteiger partial charge in [0.05, 0.1) is 4.47 Å². The Labute approximate surface area is 146 Å². The molecule has 0 atom stereocenters. The van der Waals surface area contributed by atoms with Gasteiger partial charge in [-0.15, -0.1) is 0 Å². The Morgan fingerprint density at radius 2 is 2.09 bits per heavy atom. The lowest BCUT2D eigenvalue weighted by Crippen LogP contribution is -2.50. The number of amides is 2. The van der Waals surface area contributed by atoms with Gasteiger partial charge >= 0.3 is 0 Å². The Morgan fingerprint density at radius 3 is 2.73 bits per heavy atom. The molecule has 6 nitrogen and oxygen atoms in total. The fraction of sp³-hybridized carbons (Fsp3) is 0.308. The summed E-state index contributed by atoms with van der Waals surface area (Å²) in [4.78, 5) is 23.1. The van der Waals surface area contributed by atoms with E-state index < -0.39 is 5.91 Å². The van der Waals surface area contributed by atoms with Crippen molar-refractivity contribution in [2.75, 3.05) is 6.61 Å². The fourth-order valence-electron chi connectivity index (χ4n) is 1.49. The van der Waals surface area contributed by atoms with Gasteiger partial charge in [0.1, 0.15) is 5.75 Å².